The summed E-state index contributed by atoms with van der Waals surface area (Å²) in [4.78, 5) is 16.7. The summed E-state index contributed by atoms with van der Waals surface area (Å²) < 4.78 is 6.72. The van der Waals surface area contributed by atoms with E-state index in [1.807, 2.05) is 31.2 Å². The van der Waals surface area contributed by atoms with Crippen molar-refractivity contribution in [1.82, 2.24) is 4.98 Å². The monoisotopic (exact) mass is 388 g/mol. The van der Waals surface area contributed by atoms with Gasteiger partial charge in [-0.3, -0.25) is 10.1 Å². The molecule has 0 aliphatic carbocycles. The van der Waals surface area contributed by atoms with Crippen molar-refractivity contribution in [3.63, 3.8) is 0 Å². The Balaban J connectivity index is 1.69. The molecule has 0 aliphatic rings. The van der Waals surface area contributed by atoms with E-state index in [0.29, 0.717) is 10.2 Å². The summed E-state index contributed by atoms with van der Waals surface area (Å²) in [6, 6.07) is 11.5. The molecule has 0 atom stereocenters. The van der Waals surface area contributed by atoms with Crippen molar-refractivity contribution < 1.29 is 9.53 Å². The molecule has 4 nitrogen and oxygen atoms in total. The molecule has 3 aromatic rings. The lowest BCUT2D eigenvalue weighted by atomic mass is 9.85. The van der Waals surface area contributed by atoms with Gasteiger partial charge in [-0.1, -0.05) is 61.4 Å². The lowest BCUT2D eigenvalue weighted by Crippen LogP contribution is -2.22. The molecule has 2 aromatic carbocycles. The second-order valence-electron chi connectivity index (χ2n) is 7.22. The first-order valence-corrected chi connectivity index (χ1v) is 9.52. The minimum atomic E-state index is -0.240. The fraction of sp³-hybridized carbons (Fsp3) is 0.300. The SMILES string of the molecule is Cc1ccc(OCC(=O)Nc2nc3ccc(Cl)cc3s2)c(C(C)(C)C)c1. The number of carbonyl (C=O) groups excluding carboxylic acids is 1. The number of ether oxygens (including phenoxy) is 1. The molecule has 0 saturated carbocycles. The topological polar surface area (TPSA) is 51.2 Å². The zero-order valence-corrected chi connectivity index (χ0v) is 16.8. The maximum atomic E-state index is 12.3. The lowest BCUT2D eigenvalue weighted by Gasteiger charge is -2.23. The Labute approximate surface area is 162 Å². The highest BCUT2D eigenvalue weighted by molar-refractivity contribution is 7.22. The number of fused-ring (bicyclic) bond motifs is 1. The van der Waals surface area contributed by atoms with Crippen molar-refractivity contribution >= 4 is 44.2 Å². The number of aryl methyl sites for hydroxylation is 1. The normalized spacial score (nSPS) is 11.6. The van der Waals surface area contributed by atoms with Gasteiger partial charge in [-0.15, -0.1) is 0 Å². The summed E-state index contributed by atoms with van der Waals surface area (Å²) in [6.45, 7) is 8.36. The molecular weight excluding hydrogens is 368 g/mol. The summed E-state index contributed by atoms with van der Waals surface area (Å²) in [6.07, 6.45) is 0. The molecule has 6 heteroatoms. The van der Waals surface area contributed by atoms with E-state index in [1.54, 1.807) is 6.07 Å². The van der Waals surface area contributed by atoms with Crippen LogP contribution in [0.4, 0.5) is 5.13 Å². The van der Waals surface area contributed by atoms with Gasteiger partial charge >= 0.3 is 0 Å². The second kappa shape index (κ2) is 7.25. The Morgan fingerprint density at radius 2 is 2.00 bits per heavy atom. The Morgan fingerprint density at radius 3 is 2.73 bits per heavy atom. The summed E-state index contributed by atoms with van der Waals surface area (Å²) in [5.74, 6) is 0.491. The largest absolute Gasteiger partial charge is 0.483 e. The maximum Gasteiger partial charge on any atom is 0.264 e. The summed E-state index contributed by atoms with van der Waals surface area (Å²) in [5, 5.41) is 3.98. The van der Waals surface area contributed by atoms with Crippen LogP contribution in [0.5, 0.6) is 5.75 Å². The molecule has 1 heterocycles. The number of benzene rings is 2. The number of anilines is 1. The predicted octanol–water partition coefficient (Wildman–Crippen LogP) is 5.57. The highest BCUT2D eigenvalue weighted by Gasteiger charge is 2.20. The zero-order valence-electron chi connectivity index (χ0n) is 15.2. The van der Waals surface area contributed by atoms with Crippen LogP contribution in [0, 0.1) is 6.92 Å². The molecule has 0 spiro atoms. The summed E-state index contributed by atoms with van der Waals surface area (Å²) >= 11 is 7.37. The van der Waals surface area contributed by atoms with Crippen LogP contribution in [0.2, 0.25) is 5.02 Å². The van der Waals surface area contributed by atoms with Gasteiger partial charge < -0.3 is 4.74 Å². The van der Waals surface area contributed by atoms with E-state index in [4.69, 9.17) is 16.3 Å². The highest BCUT2D eigenvalue weighted by atomic mass is 35.5. The van der Waals surface area contributed by atoms with Crippen LogP contribution in [0.3, 0.4) is 0 Å². The third-order valence-electron chi connectivity index (χ3n) is 3.90. The summed E-state index contributed by atoms with van der Waals surface area (Å²) in [5.41, 5.74) is 2.99. The van der Waals surface area contributed by atoms with Crippen molar-refractivity contribution in [2.75, 3.05) is 11.9 Å². The molecule has 26 heavy (non-hydrogen) atoms. The van der Waals surface area contributed by atoms with Crippen molar-refractivity contribution in [3.8, 4) is 5.75 Å². The van der Waals surface area contributed by atoms with Crippen molar-refractivity contribution in [1.29, 1.82) is 0 Å². The number of hydrogen-bond acceptors (Lipinski definition) is 4. The first-order chi connectivity index (χ1) is 12.2. The predicted molar refractivity (Wildman–Crippen MR) is 109 cm³/mol. The van der Waals surface area contributed by atoms with E-state index in [-0.39, 0.29) is 17.9 Å². The van der Waals surface area contributed by atoms with E-state index in [0.717, 1.165) is 21.5 Å². The van der Waals surface area contributed by atoms with Crippen LogP contribution in [0.15, 0.2) is 36.4 Å². The molecule has 0 unspecified atom stereocenters. The van der Waals surface area contributed by atoms with E-state index in [9.17, 15) is 4.79 Å². The molecule has 0 radical (unpaired) electrons. The average molecular weight is 389 g/mol. The van der Waals surface area contributed by atoms with Gasteiger partial charge in [0.15, 0.2) is 11.7 Å². The number of rotatable bonds is 4. The number of halogens is 1. The maximum absolute atomic E-state index is 12.3. The van der Waals surface area contributed by atoms with Crippen molar-refractivity contribution in [2.45, 2.75) is 33.1 Å². The van der Waals surface area contributed by atoms with Gasteiger partial charge in [0.1, 0.15) is 5.75 Å². The second-order valence-corrected chi connectivity index (χ2v) is 8.68. The molecule has 3 rings (SSSR count). The minimum absolute atomic E-state index is 0.0653. The number of amides is 1. The number of nitrogens with one attached hydrogen (secondary N) is 1. The molecule has 136 valence electrons. The Hall–Kier alpha value is -2.11. The zero-order chi connectivity index (χ0) is 18.9. The number of hydrogen-bond donors (Lipinski definition) is 1. The number of aromatic nitrogens is 1. The molecule has 1 amide bonds. The van der Waals surface area contributed by atoms with Gasteiger partial charge in [-0.25, -0.2) is 4.98 Å². The molecule has 0 fully saturated rings. The number of nitrogens with zero attached hydrogens (tertiary/aromatic N) is 1. The molecule has 1 N–H and O–H groups in total. The first kappa shape index (κ1) is 18.7. The number of thiazole rings is 1. The van der Waals surface area contributed by atoms with Gasteiger partial charge in [-0.05, 0) is 42.2 Å². The van der Waals surface area contributed by atoms with Crippen molar-refractivity contribution in [2.24, 2.45) is 0 Å². The standard InChI is InChI=1S/C20H21ClN2O2S/c1-12-5-8-16(14(9-12)20(2,3)4)25-11-18(24)23-19-22-15-7-6-13(21)10-17(15)26-19/h5-10H,11H2,1-4H3,(H,22,23,24). The fourth-order valence-electron chi connectivity index (χ4n) is 2.61. The van der Waals surface area contributed by atoms with Crippen molar-refractivity contribution in [3.05, 3.63) is 52.5 Å². The van der Waals surface area contributed by atoms with E-state index < -0.39 is 0 Å². The average Bonchev–Trinajstić information content (AvgIpc) is 2.94. The quantitative estimate of drug-likeness (QED) is 0.635. The summed E-state index contributed by atoms with van der Waals surface area (Å²) in [7, 11) is 0. The van der Waals surface area contributed by atoms with Gasteiger partial charge in [0.05, 0.1) is 10.2 Å². The van der Waals surface area contributed by atoms with Crippen LogP contribution < -0.4 is 10.1 Å². The Morgan fingerprint density at radius 1 is 1.23 bits per heavy atom. The van der Waals surface area contributed by atoms with Gasteiger partial charge in [-0.2, -0.15) is 0 Å². The van der Waals surface area contributed by atoms with E-state index in [1.165, 1.54) is 16.9 Å². The third-order valence-corrected chi connectivity index (χ3v) is 5.07. The highest BCUT2D eigenvalue weighted by Crippen LogP contribution is 2.32. The first-order valence-electron chi connectivity index (χ1n) is 8.32. The van der Waals surface area contributed by atoms with E-state index >= 15 is 0 Å². The fourth-order valence-corrected chi connectivity index (χ4v) is 3.76. The van der Waals surface area contributed by atoms with Crippen LogP contribution in [0.1, 0.15) is 31.9 Å². The van der Waals surface area contributed by atoms with E-state index in [2.05, 4.69) is 37.1 Å². The van der Waals surface area contributed by atoms with Crippen LogP contribution >= 0.6 is 22.9 Å². The lowest BCUT2D eigenvalue weighted by molar-refractivity contribution is -0.118. The molecule has 1 aromatic heterocycles. The number of carbonyl (C=O) groups is 1. The Kier molecular flexibility index (Phi) is 5.21. The third kappa shape index (κ3) is 4.34. The van der Waals surface area contributed by atoms with Crippen LogP contribution in [-0.4, -0.2) is 17.5 Å². The molecular formula is C20H21ClN2O2S. The Bertz CT molecular complexity index is 960. The van der Waals surface area contributed by atoms with Gasteiger partial charge in [0.25, 0.3) is 5.91 Å². The molecule has 0 bridgehead atoms. The van der Waals surface area contributed by atoms with Gasteiger partial charge in [0, 0.05) is 5.02 Å². The minimum Gasteiger partial charge on any atom is -0.483 e. The molecule has 0 saturated heterocycles. The molecule has 0 aliphatic heterocycles. The van der Waals surface area contributed by atoms with Crippen LogP contribution in [0.25, 0.3) is 10.2 Å². The smallest absolute Gasteiger partial charge is 0.264 e. The van der Waals surface area contributed by atoms with Crippen LogP contribution in [-0.2, 0) is 10.2 Å². The van der Waals surface area contributed by atoms with Gasteiger partial charge in [0.2, 0.25) is 0 Å².